The molecule has 16 heavy (non-hydrogen) atoms. The molecule has 1 unspecified atom stereocenters. The van der Waals surface area contributed by atoms with E-state index in [0.29, 0.717) is 6.04 Å². The van der Waals surface area contributed by atoms with Crippen LogP contribution >= 0.6 is 0 Å². The fourth-order valence-electron chi connectivity index (χ4n) is 2.89. The van der Waals surface area contributed by atoms with Gasteiger partial charge in [0.25, 0.3) is 0 Å². The zero-order chi connectivity index (χ0) is 11.2. The lowest BCUT2D eigenvalue weighted by atomic mass is 10.0. The number of carbonyl (C=O) groups is 1. The van der Waals surface area contributed by atoms with Gasteiger partial charge in [-0.2, -0.15) is 0 Å². The molecule has 2 fully saturated rings. The van der Waals surface area contributed by atoms with Gasteiger partial charge in [-0.05, 0) is 31.7 Å². The molecule has 1 saturated heterocycles. The quantitative estimate of drug-likeness (QED) is 0.748. The second-order valence-corrected chi connectivity index (χ2v) is 5.29. The van der Waals surface area contributed by atoms with Crippen molar-refractivity contribution in [3.8, 4) is 0 Å². The second kappa shape index (κ2) is 6.24. The van der Waals surface area contributed by atoms with E-state index in [1.54, 1.807) is 0 Å². The summed E-state index contributed by atoms with van der Waals surface area (Å²) < 4.78 is 0. The molecule has 92 valence electrons. The summed E-state index contributed by atoms with van der Waals surface area (Å²) in [6, 6.07) is 0.524. The van der Waals surface area contributed by atoms with Crippen LogP contribution in [0.25, 0.3) is 0 Å². The fraction of sp³-hybridized carbons (Fsp3) is 0.923. The number of rotatable bonds is 5. The van der Waals surface area contributed by atoms with Crippen molar-refractivity contribution in [3.05, 3.63) is 0 Å². The number of nitrogens with one attached hydrogen (secondary N) is 2. The molecule has 1 saturated carbocycles. The summed E-state index contributed by atoms with van der Waals surface area (Å²) in [5, 5.41) is 6.44. The van der Waals surface area contributed by atoms with E-state index in [4.69, 9.17) is 0 Å². The first kappa shape index (κ1) is 11.9. The molecule has 0 radical (unpaired) electrons. The van der Waals surface area contributed by atoms with Crippen molar-refractivity contribution >= 4 is 5.91 Å². The molecule has 0 aromatic carbocycles. The van der Waals surface area contributed by atoms with Crippen molar-refractivity contribution in [1.29, 1.82) is 0 Å². The Balaban J connectivity index is 1.53. The molecule has 1 amide bonds. The van der Waals surface area contributed by atoms with Gasteiger partial charge in [0, 0.05) is 19.0 Å². The van der Waals surface area contributed by atoms with Gasteiger partial charge in [0.15, 0.2) is 0 Å². The zero-order valence-electron chi connectivity index (χ0n) is 10.1. The Bertz CT molecular complexity index is 196. The molecule has 0 spiro atoms. The zero-order valence-corrected chi connectivity index (χ0v) is 10.1. The van der Waals surface area contributed by atoms with Crippen LogP contribution in [0, 0.1) is 5.92 Å². The van der Waals surface area contributed by atoms with Crippen LogP contribution in [0.3, 0.4) is 0 Å². The number of amides is 1. The molecule has 0 bridgehead atoms. The summed E-state index contributed by atoms with van der Waals surface area (Å²) in [4.78, 5) is 11.6. The SMILES string of the molecule is O=C(CCC1CCCC1)NCC1CCCN1. The van der Waals surface area contributed by atoms with Gasteiger partial charge in [0.2, 0.25) is 5.91 Å². The van der Waals surface area contributed by atoms with E-state index in [9.17, 15) is 4.79 Å². The Morgan fingerprint density at radius 2 is 2.00 bits per heavy atom. The number of carbonyl (C=O) groups excluding carboxylic acids is 1. The van der Waals surface area contributed by atoms with Crippen LogP contribution in [0.4, 0.5) is 0 Å². The number of hydrogen-bond donors (Lipinski definition) is 2. The van der Waals surface area contributed by atoms with E-state index >= 15 is 0 Å². The predicted molar refractivity (Wildman–Crippen MR) is 65.2 cm³/mol. The third-order valence-corrected chi connectivity index (χ3v) is 3.96. The summed E-state index contributed by atoms with van der Waals surface area (Å²) in [5.41, 5.74) is 0. The van der Waals surface area contributed by atoms with Crippen molar-refractivity contribution < 1.29 is 4.79 Å². The summed E-state index contributed by atoms with van der Waals surface area (Å²) in [6.45, 7) is 1.94. The molecule has 1 aliphatic carbocycles. The lowest BCUT2D eigenvalue weighted by Crippen LogP contribution is -2.37. The van der Waals surface area contributed by atoms with Gasteiger partial charge in [0.1, 0.15) is 0 Å². The summed E-state index contributed by atoms with van der Waals surface area (Å²) in [5.74, 6) is 1.08. The van der Waals surface area contributed by atoms with Crippen molar-refractivity contribution in [1.82, 2.24) is 10.6 Å². The van der Waals surface area contributed by atoms with Crippen molar-refractivity contribution in [2.24, 2.45) is 5.92 Å². The summed E-state index contributed by atoms with van der Waals surface area (Å²) >= 11 is 0. The van der Waals surface area contributed by atoms with Crippen LogP contribution < -0.4 is 10.6 Å². The molecule has 3 nitrogen and oxygen atoms in total. The van der Waals surface area contributed by atoms with Crippen LogP contribution in [0.15, 0.2) is 0 Å². The smallest absolute Gasteiger partial charge is 0.220 e. The van der Waals surface area contributed by atoms with Crippen LogP contribution in [0.1, 0.15) is 51.4 Å². The molecule has 1 atom stereocenters. The lowest BCUT2D eigenvalue weighted by molar-refractivity contribution is -0.121. The average Bonchev–Trinajstić information content (AvgIpc) is 2.96. The van der Waals surface area contributed by atoms with E-state index in [2.05, 4.69) is 10.6 Å². The normalized spacial score (nSPS) is 26.1. The maximum Gasteiger partial charge on any atom is 0.220 e. The van der Waals surface area contributed by atoms with Crippen molar-refractivity contribution in [2.75, 3.05) is 13.1 Å². The van der Waals surface area contributed by atoms with E-state index in [1.807, 2.05) is 0 Å². The summed E-state index contributed by atoms with van der Waals surface area (Å²) in [6.07, 6.45) is 9.73. The minimum Gasteiger partial charge on any atom is -0.355 e. The third-order valence-electron chi connectivity index (χ3n) is 3.96. The molecular formula is C13H24N2O. The fourth-order valence-corrected chi connectivity index (χ4v) is 2.89. The first-order valence-corrected chi connectivity index (χ1v) is 6.84. The topological polar surface area (TPSA) is 41.1 Å². The summed E-state index contributed by atoms with van der Waals surface area (Å²) in [7, 11) is 0. The van der Waals surface area contributed by atoms with E-state index < -0.39 is 0 Å². The molecule has 1 heterocycles. The molecule has 1 aliphatic heterocycles. The molecule has 0 aromatic rings. The molecule has 0 aromatic heterocycles. The maximum absolute atomic E-state index is 11.6. The van der Waals surface area contributed by atoms with Gasteiger partial charge in [0.05, 0.1) is 0 Å². The lowest BCUT2D eigenvalue weighted by Gasteiger charge is -2.12. The van der Waals surface area contributed by atoms with E-state index in [1.165, 1.54) is 38.5 Å². The first-order valence-electron chi connectivity index (χ1n) is 6.84. The molecule has 2 aliphatic rings. The highest BCUT2D eigenvalue weighted by atomic mass is 16.1. The predicted octanol–water partition coefficient (Wildman–Crippen LogP) is 1.82. The van der Waals surface area contributed by atoms with Gasteiger partial charge in [-0.1, -0.05) is 25.7 Å². The van der Waals surface area contributed by atoms with E-state index in [-0.39, 0.29) is 5.91 Å². The minimum atomic E-state index is 0.251. The highest BCUT2D eigenvalue weighted by molar-refractivity contribution is 5.75. The van der Waals surface area contributed by atoms with Gasteiger partial charge in [-0.25, -0.2) is 0 Å². The largest absolute Gasteiger partial charge is 0.355 e. The first-order chi connectivity index (χ1) is 7.84. The molecule has 2 rings (SSSR count). The van der Waals surface area contributed by atoms with E-state index in [0.717, 1.165) is 31.8 Å². The van der Waals surface area contributed by atoms with Crippen LogP contribution in [0.5, 0.6) is 0 Å². The van der Waals surface area contributed by atoms with Crippen LogP contribution in [-0.2, 0) is 4.79 Å². The number of hydrogen-bond acceptors (Lipinski definition) is 2. The Morgan fingerprint density at radius 1 is 1.19 bits per heavy atom. The second-order valence-electron chi connectivity index (χ2n) is 5.29. The van der Waals surface area contributed by atoms with Crippen LogP contribution in [-0.4, -0.2) is 25.0 Å². The minimum absolute atomic E-state index is 0.251. The average molecular weight is 224 g/mol. The molecular weight excluding hydrogens is 200 g/mol. The van der Waals surface area contributed by atoms with Crippen molar-refractivity contribution in [2.45, 2.75) is 57.4 Å². The standard InChI is InChI=1S/C13H24N2O/c16-13(8-7-11-4-1-2-5-11)15-10-12-6-3-9-14-12/h11-12,14H,1-10H2,(H,15,16). The Morgan fingerprint density at radius 3 is 2.69 bits per heavy atom. The van der Waals surface area contributed by atoms with Crippen molar-refractivity contribution in [3.63, 3.8) is 0 Å². The third kappa shape index (κ3) is 3.78. The van der Waals surface area contributed by atoms with Gasteiger partial charge in [-0.3, -0.25) is 4.79 Å². The van der Waals surface area contributed by atoms with Gasteiger partial charge in [-0.15, -0.1) is 0 Å². The Hall–Kier alpha value is -0.570. The van der Waals surface area contributed by atoms with Gasteiger partial charge >= 0.3 is 0 Å². The Kier molecular flexibility index (Phi) is 4.64. The van der Waals surface area contributed by atoms with Crippen LogP contribution in [0.2, 0.25) is 0 Å². The highest BCUT2D eigenvalue weighted by Crippen LogP contribution is 2.28. The van der Waals surface area contributed by atoms with Gasteiger partial charge < -0.3 is 10.6 Å². The monoisotopic (exact) mass is 224 g/mol. The maximum atomic E-state index is 11.6. The molecule has 2 N–H and O–H groups in total. The Labute approximate surface area is 98.4 Å². The highest BCUT2D eigenvalue weighted by Gasteiger charge is 2.17. The molecule has 3 heteroatoms.